The molecule has 0 spiro atoms. The van der Waals surface area contributed by atoms with Crippen molar-refractivity contribution in [1.82, 2.24) is 5.32 Å². The standard InChI is InChI=1S/C12H16BrNO3/c1-8-3-4-9(13)5-10(8)11(16)14-6-12(2,17)7-15/h3-5,15,17H,6-7H2,1-2H3,(H,14,16). The second kappa shape index (κ2) is 5.62. The lowest BCUT2D eigenvalue weighted by Crippen LogP contribution is -2.43. The molecule has 1 unspecified atom stereocenters. The third-order valence-electron chi connectivity index (χ3n) is 2.41. The van der Waals surface area contributed by atoms with Crippen LogP contribution in [-0.2, 0) is 0 Å². The normalized spacial score (nSPS) is 14.2. The van der Waals surface area contributed by atoms with E-state index < -0.39 is 12.2 Å². The van der Waals surface area contributed by atoms with Crippen molar-refractivity contribution in [2.45, 2.75) is 19.4 Å². The molecule has 0 aliphatic carbocycles. The summed E-state index contributed by atoms with van der Waals surface area (Å²) < 4.78 is 0.821. The van der Waals surface area contributed by atoms with Crippen LogP contribution >= 0.6 is 15.9 Å². The molecule has 0 bridgehead atoms. The quantitative estimate of drug-likeness (QED) is 0.783. The SMILES string of the molecule is Cc1ccc(Br)cc1C(=O)NCC(C)(O)CO. The summed E-state index contributed by atoms with van der Waals surface area (Å²) in [7, 11) is 0. The van der Waals surface area contributed by atoms with Crippen molar-refractivity contribution < 1.29 is 15.0 Å². The molecule has 0 radical (unpaired) electrons. The van der Waals surface area contributed by atoms with Gasteiger partial charge in [0.15, 0.2) is 0 Å². The smallest absolute Gasteiger partial charge is 0.251 e. The average Bonchev–Trinajstić information content (AvgIpc) is 2.29. The van der Waals surface area contributed by atoms with Gasteiger partial charge in [0.05, 0.1) is 6.61 Å². The first kappa shape index (κ1) is 14.2. The lowest BCUT2D eigenvalue weighted by molar-refractivity contribution is 0.00319. The molecule has 1 amide bonds. The molecule has 1 atom stereocenters. The highest BCUT2D eigenvalue weighted by Gasteiger charge is 2.20. The topological polar surface area (TPSA) is 69.6 Å². The Bertz CT molecular complexity index is 418. The maximum atomic E-state index is 11.9. The van der Waals surface area contributed by atoms with E-state index in [1.807, 2.05) is 19.1 Å². The molecule has 4 nitrogen and oxygen atoms in total. The van der Waals surface area contributed by atoms with Crippen LogP contribution in [-0.4, -0.2) is 34.9 Å². The van der Waals surface area contributed by atoms with Crippen molar-refractivity contribution in [2.24, 2.45) is 0 Å². The number of nitrogens with one attached hydrogen (secondary N) is 1. The van der Waals surface area contributed by atoms with E-state index in [2.05, 4.69) is 21.2 Å². The van der Waals surface area contributed by atoms with Gasteiger partial charge in [-0.05, 0) is 31.5 Å². The summed E-state index contributed by atoms with van der Waals surface area (Å²) in [6.07, 6.45) is 0. The van der Waals surface area contributed by atoms with Gasteiger partial charge in [-0.2, -0.15) is 0 Å². The number of halogens is 1. The molecule has 0 fully saturated rings. The lowest BCUT2D eigenvalue weighted by atomic mass is 10.1. The number of amides is 1. The Hall–Kier alpha value is -0.910. The third-order valence-corrected chi connectivity index (χ3v) is 2.91. The van der Waals surface area contributed by atoms with Crippen LogP contribution in [0.2, 0.25) is 0 Å². The molecule has 0 aromatic heterocycles. The van der Waals surface area contributed by atoms with Crippen LogP contribution < -0.4 is 5.32 Å². The van der Waals surface area contributed by atoms with Gasteiger partial charge < -0.3 is 15.5 Å². The molecule has 0 aliphatic rings. The molecule has 1 rings (SSSR count). The highest BCUT2D eigenvalue weighted by Crippen LogP contribution is 2.16. The maximum absolute atomic E-state index is 11.9. The zero-order valence-electron chi connectivity index (χ0n) is 9.83. The lowest BCUT2D eigenvalue weighted by Gasteiger charge is -2.20. The highest BCUT2D eigenvalue weighted by molar-refractivity contribution is 9.10. The molecule has 0 heterocycles. The third kappa shape index (κ3) is 4.11. The first-order chi connectivity index (χ1) is 7.85. The van der Waals surface area contributed by atoms with E-state index in [1.165, 1.54) is 6.92 Å². The predicted octanol–water partition coefficient (Wildman–Crippen LogP) is 1.23. The van der Waals surface area contributed by atoms with Gasteiger partial charge >= 0.3 is 0 Å². The van der Waals surface area contributed by atoms with Crippen molar-refractivity contribution >= 4 is 21.8 Å². The number of aryl methyl sites for hydroxylation is 1. The molecule has 1 aromatic rings. The minimum Gasteiger partial charge on any atom is -0.393 e. The van der Waals surface area contributed by atoms with E-state index in [4.69, 9.17) is 5.11 Å². The average molecular weight is 302 g/mol. The van der Waals surface area contributed by atoms with Crippen LogP contribution in [0.25, 0.3) is 0 Å². The van der Waals surface area contributed by atoms with Crippen LogP contribution in [0.1, 0.15) is 22.8 Å². The van der Waals surface area contributed by atoms with Gasteiger partial charge in [0, 0.05) is 16.6 Å². The minimum atomic E-state index is -1.30. The van der Waals surface area contributed by atoms with Crippen LogP contribution in [0.15, 0.2) is 22.7 Å². The summed E-state index contributed by atoms with van der Waals surface area (Å²) in [4.78, 5) is 11.9. The summed E-state index contributed by atoms with van der Waals surface area (Å²) >= 11 is 3.30. The first-order valence-corrected chi connectivity index (χ1v) is 6.02. The Labute approximate surface area is 109 Å². The zero-order chi connectivity index (χ0) is 13.1. The first-order valence-electron chi connectivity index (χ1n) is 5.23. The van der Waals surface area contributed by atoms with Crippen LogP contribution in [0, 0.1) is 6.92 Å². The summed E-state index contributed by atoms with van der Waals surface area (Å²) in [5.41, 5.74) is 0.109. The second-order valence-electron chi connectivity index (χ2n) is 4.30. The Morgan fingerprint density at radius 2 is 2.18 bits per heavy atom. The van der Waals surface area contributed by atoms with Crippen LogP contribution in [0.3, 0.4) is 0 Å². The van der Waals surface area contributed by atoms with E-state index in [0.717, 1.165) is 10.0 Å². The van der Waals surface area contributed by atoms with Gasteiger partial charge in [0.25, 0.3) is 5.91 Å². The van der Waals surface area contributed by atoms with Crippen molar-refractivity contribution in [3.63, 3.8) is 0 Å². The minimum absolute atomic E-state index is 0.00822. The van der Waals surface area contributed by atoms with Crippen LogP contribution in [0.5, 0.6) is 0 Å². The Morgan fingerprint density at radius 1 is 1.53 bits per heavy atom. The number of rotatable bonds is 4. The van der Waals surface area contributed by atoms with E-state index in [9.17, 15) is 9.90 Å². The number of carbonyl (C=O) groups excluding carboxylic acids is 1. The highest BCUT2D eigenvalue weighted by atomic mass is 79.9. The van der Waals surface area contributed by atoms with E-state index in [0.29, 0.717) is 5.56 Å². The van der Waals surface area contributed by atoms with Crippen molar-refractivity contribution in [3.8, 4) is 0 Å². The van der Waals surface area contributed by atoms with Gasteiger partial charge in [-0.15, -0.1) is 0 Å². The molecule has 94 valence electrons. The maximum Gasteiger partial charge on any atom is 0.251 e. The van der Waals surface area contributed by atoms with E-state index in [-0.39, 0.29) is 12.5 Å². The summed E-state index contributed by atoms with van der Waals surface area (Å²) in [5.74, 6) is -0.266. The molecule has 17 heavy (non-hydrogen) atoms. The Morgan fingerprint density at radius 3 is 2.76 bits per heavy atom. The van der Waals surface area contributed by atoms with Gasteiger partial charge in [0.2, 0.25) is 0 Å². The summed E-state index contributed by atoms with van der Waals surface area (Å²) in [6.45, 7) is 2.91. The fraction of sp³-hybridized carbons (Fsp3) is 0.417. The zero-order valence-corrected chi connectivity index (χ0v) is 11.4. The van der Waals surface area contributed by atoms with Gasteiger partial charge in [-0.25, -0.2) is 0 Å². The van der Waals surface area contributed by atoms with Gasteiger partial charge in [0.1, 0.15) is 5.60 Å². The molecule has 0 aliphatic heterocycles. The number of aliphatic hydroxyl groups is 2. The second-order valence-corrected chi connectivity index (χ2v) is 5.21. The monoisotopic (exact) mass is 301 g/mol. The fourth-order valence-corrected chi connectivity index (χ4v) is 1.62. The molecule has 1 aromatic carbocycles. The fourth-order valence-electron chi connectivity index (χ4n) is 1.26. The van der Waals surface area contributed by atoms with E-state index >= 15 is 0 Å². The Kier molecular flexibility index (Phi) is 4.68. The molecule has 0 saturated heterocycles. The Balaban J connectivity index is 2.74. The molecular formula is C12H16BrNO3. The number of hydrogen-bond donors (Lipinski definition) is 3. The summed E-state index contributed by atoms with van der Waals surface area (Å²) in [5, 5.41) is 21.0. The molecular weight excluding hydrogens is 286 g/mol. The van der Waals surface area contributed by atoms with Crippen LogP contribution in [0.4, 0.5) is 0 Å². The van der Waals surface area contributed by atoms with Crippen molar-refractivity contribution in [1.29, 1.82) is 0 Å². The van der Waals surface area contributed by atoms with Gasteiger partial charge in [-0.3, -0.25) is 4.79 Å². The predicted molar refractivity (Wildman–Crippen MR) is 68.9 cm³/mol. The van der Waals surface area contributed by atoms with E-state index in [1.54, 1.807) is 6.07 Å². The molecule has 0 saturated carbocycles. The van der Waals surface area contributed by atoms with Crippen molar-refractivity contribution in [3.05, 3.63) is 33.8 Å². The largest absolute Gasteiger partial charge is 0.393 e. The summed E-state index contributed by atoms with van der Waals surface area (Å²) in [6, 6.07) is 5.41. The molecule has 5 heteroatoms. The number of hydrogen-bond acceptors (Lipinski definition) is 3. The van der Waals surface area contributed by atoms with Gasteiger partial charge in [-0.1, -0.05) is 22.0 Å². The number of aliphatic hydroxyl groups excluding tert-OH is 1. The number of carbonyl (C=O) groups is 1. The number of benzene rings is 1. The molecule has 3 N–H and O–H groups in total. The van der Waals surface area contributed by atoms with Crippen molar-refractivity contribution in [2.75, 3.05) is 13.2 Å².